The lowest BCUT2D eigenvalue weighted by Gasteiger charge is -2.34. The number of aromatic nitrogens is 2. The molecule has 1 saturated heterocycles. The predicted octanol–water partition coefficient (Wildman–Crippen LogP) is 2.45. The summed E-state index contributed by atoms with van der Waals surface area (Å²) in [7, 11) is 0. The van der Waals surface area contributed by atoms with Crippen LogP contribution in [0.5, 0.6) is 0 Å². The van der Waals surface area contributed by atoms with E-state index in [1.807, 2.05) is 13.0 Å². The maximum Gasteiger partial charge on any atom is 0.270 e. The standard InChI is InChI=1S/C21H27N5O/c1-2-10-22-21(27)19-16-20(24-17-23-19)26-14-12-25(13-15-26)11-6-9-18-7-4-3-5-8-18/h3-9,16-17H,2,10-15H2,1H3,(H,22,27)/b9-6+. The first-order chi connectivity index (χ1) is 13.3. The van der Waals surface area contributed by atoms with Crippen LogP contribution in [0.4, 0.5) is 5.82 Å². The molecule has 0 atom stereocenters. The lowest BCUT2D eigenvalue weighted by molar-refractivity contribution is 0.0948. The zero-order valence-corrected chi connectivity index (χ0v) is 15.8. The van der Waals surface area contributed by atoms with E-state index in [0.717, 1.165) is 45.0 Å². The van der Waals surface area contributed by atoms with Crippen LogP contribution in [0.2, 0.25) is 0 Å². The Labute approximate surface area is 160 Å². The summed E-state index contributed by atoms with van der Waals surface area (Å²) in [5.74, 6) is 0.691. The normalized spacial score (nSPS) is 15.2. The number of piperazine rings is 1. The van der Waals surface area contributed by atoms with Crippen molar-refractivity contribution in [2.75, 3.05) is 44.2 Å². The highest BCUT2D eigenvalue weighted by Gasteiger charge is 2.18. The van der Waals surface area contributed by atoms with Gasteiger partial charge in [-0.25, -0.2) is 9.97 Å². The quantitative estimate of drug-likeness (QED) is 0.817. The lowest BCUT2D eigenvalue weighted by atomic mass is 10.2. The Hall–Kier alpha value is -2.73. The van der Waals surface area contributed by atoms with E-state index >= 15 is 0 Å². The van der Waals surface area contributed by atoms with E-state index in [2.05, 4.69) is 61.5 Å². The second kappa shape index (κ2) is 9.83. The number of anilines is 1. The van der Waals surface area contributed by atoms with E-state index < -0.39 is 0 Å². The van der Waals surface area contributed by atoms with Gasteiger partial charge in [-0.05, 0) is 12.0 Å². The molecular formula is C21H27N5O. The minimum atomic E-state index is -0.134. The van der Waals surface area contributed by atoms with Gasteiger partial charge in [-0.15, -0.1) is 0 Å². The van der Waals surface area contributed by atoms with E-state index in [1.165, 1.54) is 11.9 Å². The van der Waals surface area contributed by atoms with E-state index in [-0.39, 0.29) is 5.91 Å². The molecule has 2 aromatic rings. The second-order valence-electron chi connectivity index (χ2n) is 6.62. The van der Waals surface area contributed by atoms with Gasteiger partial charge in [0.25, 0.3) is 5.91 Å². The topological polar surface area (TPSA) is 61.4 Å². The molecule has 2 heterocycles. The van der Waals surface area contributed by atoms with Crippen LogP contribution in [0.3, 0.4) is 0 Å². The number of benzene rings is 1. The Morgan fingerprint density at radius 3 is 2.67 bits per heavy atom. The Morgan fingerprint density at radius 2 is 1.93 bits per heavy atom. The number of carbonyl (C=O) groups excluding carboxylic acids is 1. The first kappa shape index (κ1) is 19.0. The number of hydrogen-bond acceptors (Lipinski definition) is 5. The van der Waals surface area contributed by atoms with Gasteiger partial charge in [-0.2, -0.15) is 0 Å². The van der Waals surface area contributed by atoms with Gasteiger partial charge in [0.15, 0.2) is 0 Å². The Balaban J connectivity index is 1.50. The van der Waals surface area contributed by atoms with Gasteiger partial charge in [-0.1, -0.05) is 49.4 Å². The third kappa shape index (κ3) is 5.62. The van der Waals surface area contributed by atoms with Crippen LogP contribution in [-0.4, -0.2) is 60.0 Å². The molecule has 1 aromatic heterocycles. The van der Waals surface area contributed by atoms with Crippen LogP contribution in [0.1, 0.15) is 29.4 Å². The third-order valence-corrected chi connectivity index (χ3v) is 4.59. The molecule has 6 nitrogen and oxygen atoms in total. The molecule has 0 radical (unpaired) electrons. The van der Waals surface area contributed by atoms with Gasteiger partial charge in [0.05, 0.1) is 0 Å². The minimum absolute atomic E-state index is 0.134. The summed E-state index contributed by atoms with van der Waals surface area (Å²) in [6.45, 7) is 7.37. The average molecular weight is 365 g/mol. The molecule has 1 aliphatic heterocycles. The summed E-state index contributed by atoms with van der Waals surface area (Å²) in [4.78, 5) is 25.2. The molecule has 0 aliphatic carbocycles. The van der Waals surface area contributed by atoms with Gasteiger partial charge in [0.2, 0.25) is 0 Å². The SMILES string of the molecule is CCCNC(=O)c1cc(N2CCN(C/C=C/c3ccccc3)CC2)ncn1. The van der Waals surface area contributed by atoms with Crippen LogP contribution in [0.25, 0.3) is 6.08 Å². The van der Waals surface area contributed by atoms with Crippen molar-refractivity contribution in [1.82, 2.24) is 20.2 Å². The molecule has 0 saturated carbocycles. The smallest absolute Gasteiger partial charge is 0.270 e. The zero-order chi connectivity index (χ0) is 18.9. The van der Waals surface area contributed by atoms with Gasteiger partial charge in [-0.3, -0.25) is 9.69 Å². The van der Waals surface area contributed by atoms with E-state index in [1.54, 1.807) is 6.07 Å². The minimum Gasteiger partial charge on any atom is -0.354 e. The van der Waals surface area contributed by atoms with Crippen molar-refractivity contribution >= 4 is 17.8 Å². The summed E-state index contributed by atoms with van der Waals surface area (Å²) >= 11 is 0. The van der Waals surface area contributed by atoms with Crippen molar-refractivity contribution < 1.29 is 4.79 Å². The van der Waals surface area contributed by atoms with Crippen molar-refractivity contribution in [3.63, 3.8) is 0 Å². The van der Waals surface area contributed by atoms with Crippen LogP contribution < -0.4 is 10.2 Å². The Bertz CT molecular complexity index is 754. The van der Waals surface area contributed by atoms with Gasteiger partial charge < -0.3 is 10.2 Å². The predicted molar refractivity (Wildman–Crippen MR) is 109 cm³/mol. The molecule has 1 N–H and O–H groups in total. The van der Waals surface area contributed by atoms with Crippen molar-refractivity contribution in [2.45, 2.75) is 13.3 Å². The second-order valence-corrected chi connectivity index (χ2v) is 6.62. The van der Waals surface area contributed by atoms with E-state index in [0.29, 0.717) is 12.2 Å². The van der Waals surface area contributed by atoms with Crippen molar-refractivity contribution in [2.24, 2.45) is 0 Å². The maximum absolute atomic E-state index is 12.1. The molecule has 1 aliphatic rings. The van der Waals surface area contributed by atoms with Crippen LogP contribution in [0, 0.1) is 0 Å². The van der Waals surface area contributed by atoms with E-state index in [9.17, 15) is 4.79 Å². The molecule has 3 rings (SSSR count). The molecule has 0 unspecified atom stereocenters. The first-order valence-corrected chi connectivity index (χ1v) is 9.55. The van der Waals surface area contributed by atoms with Crippen molar-refractivity contribution in [3.8, 4) is 0 Å². The molecule has 1 fully saturated rings. The molecule has 1 aromatic carbocycles. The van der Waals surface area contributed by atoms with Gasteiger partial charge in [0.1, 0.15) is 17.8 Å². The third-order valence-electron chi connectivity index (χ3n) is 4.59. The largest absolute Gasteiger partial charge is 0.354 e. The van der Waals surface area contributed by atoms with Crippen LogP contribution >= 0.6 is 0 Å². The molecule has 1 amide bonds. The van der Waals surface area contributed by atoms with Crippen LogP contribution in [0.15, 0.2) is 48.8 Å². The van der Waals surface area contributed by atoms with Crippen molar-refractivity contribution in [3.05, 3.63) is 60.1 Å². The summed E-state index contributed by atoms with van der Waals surface area (Å²) in [5.41, 5.74) is 1.66. The average Bonchev–Trinajstić information content (AvgIpc) is 2.73. The number of nitrogens with zero attached hydrogens (tertiary/aromatic N) is 4. The molecule has 0 spiro atoms. The fourth-order valence-corrected chi connectivity index (χ4v) is 3.03. The highest BCUT2D eigenvalue weighted by atomic mass is 16.1. The van der Waals surface area contributed by atoms with Crippen LogP contribution in [-0.2, 0) is 0 Å². The van der Waals surface area contributed by atoms with E-state index in [4.69, 9.17) is 0 Å². The molecule has 27 heavy (non-hydrogen) atoms. The Kier molecular flexibility index (Phi) is 6.93. The lowest BCUT2D eigenvalue weighted by Crippen LogP contribution is -2.46. The zero-order valence-electron chi connectivity index (χ0n) is 15.8. The molecule has 0 bridgehead atoms. The van der Waals surface area contributed by atoms with Gasteiger partial charge in [0, 0.05) is 45.3 Å². The first-order valence-electron chi connectivity index (χ1n) is 9.55. The summed E-state index contributed by atoms with van der Waals surface area (Å²) < 4.78 is 0. The summed E-state index contributed by atoms with van der Waals surface area (Å²) in [6.07, 6.45) is 6.76. The summed E-state index contributed by atoms with van der Waals surface area (Å²) in [6, 6.07) is 12.1. The van der Waals surface area contributed by atoms with Gasteiger partial charge >= 0.3 is 0 Å². The van der Waals surface area contributed by atoms with Crippen molar-refractivity contribution in [1.29, 1.82) is 0 Å². The fraction of sp³-hybridized carbons (Fsp3) is 0.381. The monoisotopic (exact) mass is 365 g/mol. The number of amides is 1. The fourth-order valence-electron chi connectivity index (χ4n) is 3.03. The molecular weight excluding hydrogens is 338 g/mol. The maximum atomic E-state index is 12.1. The summed E-state index contributed by atoms with van der Waals surface area (Å²) in [5, 5.41) is 2.86. The highest BCUT2D eigenvalue weighted by molar-refractivity contribution is 5.92. The molecule has 142 valence electrons. The number of nitrogens with one attached hydrogen (secondary N) is 1. The number of rotatable bonds is 7. The number of carbonyl (C=O) groups is 1. The highest BCUT2D eigenvalue weighted by Crippen LogP contribution is 2.14. The number of hydrogen-bond donors (Lipinski definition) is 1. The molecule has 6 heteroatoms. The Morgan fingerprint density at radius 1 is 1.15 bits per heavy atom.